The zero-order valence-corrected chi connectivity index (χ0v) is 9.61. The summed E-state index contributed by atoms with van der Waals surface area (Å²) in [6.07, 6.45) is 0. The Kier molecular flexibility index (Phi) is 3.28. The summed E-state index contributed by atoms with van der Waals surface area (Å²) < 4.78 is 5.07. The number of methoxy groups -OCH3 is 1. The molecule has 0 unspecified atom stereocenters. The lowest BCUT2D eigenvalue weighted by Gasteiger charge is -2.12. The summed E-state index contributed by atoms with van der Waals surface area (Å²) in [5.74, 6) is 0.796. The summed E-state index contributed by atoms with van der Waals surface area (Å²) in [7, 11) is 1.62. The van der Waals surface area contributed by atoms with Crippen molar-refractivity contribution >= 4 is 5.71 Å². The maximum Gasteiger partial charge on any atom is 0.304 e. The zero-order valence-electron chi connectivity index (χ0n) is 9.61. The molecule has 0 fully saturated rings. The van der Waals surface area contributed by atoms with Crippen molar-refractivity contribution in [1.82, 2.24) is 0 Å². The van der Waals surface area contributed by atoms with Crippen LogP contribution in [0.15, 0.2) is 24.3 Å². The molecule has 0 amide bonds. The van der Waals surface area contributed by atoms with Crippen molar-refractivity contribution in [1.29, 1.82) is 0 Å². The van der Waals surface area contributed by atoms with E-state index in [9.17, 15) is 0 Å². The first-order valence-corrected chi connectivity index (χ1v) is 4.86. The van der Waals surface area contributed by atoms with Crippen LogP contribution in [-0.4, -0.2) is 17.6 Å². The first-order valence-electron chi connectivity index (χ1n) is 4.86. The third kappa shape index (κ3) is 2.67. The molecule has 0 spiro atoms. The molecule has 0 aliphatic carbocycles. The average molecular weight is 204 g/mol. The van der Waals surface area contributed by atoms with Gasteiger partial charge >= 0.3 is 5.71 Å². The molecule has 0 atom stereocenters. The highest BCUT2D eigenvalue weighted by Gasteiger charge is 2.28. The predicted molar refractivity (Wildman–Crippen MR) is 60.2 cm³/mol. The van der Waals surface area contributed by atoms with Crippen LogP contribution in [0.2, 0.25) is 0 Å². The average Bonchev–Trinajstić information content (AvgIpc) is 2.18. The summed E-state index contributed by atoms with van der Waals surface area (Å²) in [6.45, 7) is 6.02. The molecule has 1 aromatic rings. The van der Waals surface area contributed by atoms with E-state index in [0.717, 1.165) is 11.3 Å². The highest BCUT2D eigenvalue weighted by atomic mass is 16.5. The molecule has 0 saturated carbocycles. The van der Waals surface area contributed by atoms with Crippen molar-refractivity contribution in [2.24, 2.45) is 5.41 Å². The van der Waals surface area contributed by atoms with Crippen molar-refractivity contribution in [2.75, 3.05) is 7.11 Å². The van der Waals surface area contributed by atoms with Crippen LogP contribution in [0.3, 0.4) is 0 Å². The monoisotopic (exact) mass is 204 g/mol. The molecular weight excluding hydrogens is 188 g/mol. The van der Waals surface area contributed by atoms with Gasteiger partial charge in [-0.2, -0.15) is 4.79 Å². The highest BCUT2D eigenvalue weighted by molar-refractivity contribution is 6.00. The fourth-order valence-electron chi connectivity index (χ4n) is 1.39. The van der Waals surface area contributed by atoms with Crippen LogP contribution in [0.5, 0.6) is 5.75 Å². The quantitative estimate of drug-likeness (QED) is 0.415. The minimum Gasteiger partial charge on any atom is -0.497 e. The number of nitrogens with zero attached hydrogens (tertiary/aromatic N) is 2. The molecule has 0 aromatic heterocycles. The fraction of sp³-hybridized carbons (Fsp3) is 0.417. The number of hydrogen-bond acceptors (Lipinski definition) is 1. The number of rotatable bonds is 2. The van der Waals surface area contributed by atoms with E-state index >= 15 is 0 Å². The first kappa shape index (κ1) is 11.5. The Bertz CT molecular complexity index is 381. The zero-order chi connectivity index (χ0) is 11.5. The lowest BCUT2D eigenvalue weighted by Crippen LogP contribution is -2.22. The second kappa shape index (κ2) is 4.28. The van der Waals surface area contributed by atoms with Gasteiger partial charge in [-0.15, -0.1) is 0 Å². The SMILES string of the molecule is COc1ccc(C(=[N+]=[N-])C(C)(C)C)cc1. The molecule has 0 aliphatic rings. The minimum absolute atomic E-state index is 0.177. The Morgan fingerprint density at radius 3 is 2.07 bits per heavy atom. The van der Waals surface area contributed by atoms with E-state index in [2.05, 4.69) is 4.79 Å². The van der Waals surface area contributed by atoms with E-state index in [1.165, 1.54) is 0 Å². The Morgan fingerprint density at radius 1 is 1.20 bits per heavy atom. The molecule has 0 N–H and O–H groups in total. The van der Waals surface area contributed by atoms with Crippen molar-refractivity contribution in [3.63, 3.8) is 0 Å². The number of ether oxygens (including phenoxy) is 1. The van der Waals surface area contributed by atoms with Gasteiger partial charge in [0, 0.05) is 0 Å². The summed E-state index contributed by atoms with van der Waals surface area (Å²) in [5.41, 5.74) is 10.4. The van der Waals surface area contributed by atoms with Crippen LogP contribution in [0.1, 0.15) is 26.3 Å². The molecule has 80 valence electrons. The van der Waals surface area contributed by atoms with E-state index < -0.39 is 0 Å². The Balaban J connectivity index is 3.11. The summed E-state index contributed by atoms with van der Waals surface area (Å²) in [4.78, 5) is 3.36. The number of hydrogen-bond donors (Lipinski definition) is 0. The molecule has 1 aromatic carbocycles. The van der Waals surface area contributed by atoms with Crippen LogP contribution in [-0.2, 0) is 0 Å². The van der Waals surface area contributed by atoms with Gasteiger partial charge in [0.1, 0.15) is 5.75 Å². The second-order valence-electron chi connectivity index (χ2n) is 4.43. The maximum atomic E-state index is 9.00. The normalized spacial score (nSPS) is 10.7. The third-order valence-corrected chi connectivity index (χ3v) is 2.17. The van der Waals surface area contributed by atoms with Crippen molar-refractivity contribution in [3.8, 4) is 5.75 Å². The van der Waals surface area contributed by atoms with Gasteiger partial charge in [0.25, 0.3) is 0 Å². The molecule has 0 radical (unpaired) electrons. The van der Waals surface area contributed by atoms with Crippen molar-refractivity contribution in [2.45, 2.75) is 20.8 Å². The summed E-state index contributed by atoms with van der Waals surface area (Å²) in [6, 6.07) is 7.48. The Morgan fingerprint density at radius 2 is 1.73 bits per heavy atom. The topological polar surface area (TPSA) is 45.6 Å². The van der Waals surface area contributed by atoms with Gasteiger partial charge in [-0.1, -0.05) is 0 Å². The molecule has 3 nitrogen and oxygen atoms in total. The lowest BCUT2D eigenvalue weighted by atomic mass is 9.86. The van der Waals surface area contributed by atoms with Gasteiger partial charge in [-0.3, -0.25) is 0 Å². The first-order chi connectivity index (χ1) is 6.99. The lowest BCUT2D eigenvalue weighted by molar-refractivity contribution is -0.0156. The van der Waals surface area contributed by atoms with Crippen LogP contribution in [0.25, 0.3) is 5.53 Å². The number of benzene rings is 1. The Hall–Kier alpha value is -1.60. The maximum absolute atomic E-state index is 9.00. The molecule has 15 heavy (non-hydrogen) atoms. The third-order valence-electron chi connectivity index (χ3n) is 2.17. The molecule has 0 heterocycles. The van der Waals surface area contributed by atoms with Crippen molar-refractivity contribution < 1.29 is 9.53 Å². The second-order valence-corrected chi connectivity index (χ2v) is 4.43. The van der Waals surface area contributed by atoms with Gasteiger partial charge < -0.3 is 10.3 Å². The molecule has 0 aliphatic heterocycles. The van der Waals surface area contributed by atoms with Crippen LogP contribution in [0, 0.1) is 5.41 Å². The molecular formula is C12H16N2O. The molecule has 3 heteroatoms. The molecule has 1 rings (SSSR count). The van der Waals surface area contributed by atoms with Gasteiger partial charge in [0.15, 0.2) is 0 Å². The largest absolute Gasteiger partial charge is 0.497 e. The Labute approximate surface area is 90.3 Å². The van der Waals surface area contributed by atoms with E-state index in [4.69, 9.17) is 10.3 Å². The van der Waals surface area contributed by atoms with Gasteiger partial charge in [0.2, 0.25) is 0 Å². The van der Waals surface area contributed by atoms with Crippen LogP contribution >= 0.6 is 0 Å². The highest BCUT2D eigenvalue weighted by Crippen LogP contribution is 2.21. The molecule has 0 saturated heterocycles. The van der Waals surface area contributed by atoms with E-state index in [1.807, 2.05) is 45.0 Å². The van der Waals surface area contributed by atoms with Crippen LogP contribution < -0.4 is 4.74 Å². The van der Waals surface area contributed by atoms with Gasteiger partial charge in [-0.05, 0) is 45.0 Å². The summed E-state index contributed by atoms with van der Waals surface area (Å²) >= 11 is 0. The fourth-order valence-corrected chi connectivity index (χ4v) is 1.39. The smallest absolute Gasteiger partial charge is 0.304 e. The van der Waals surface area contributed by atoms with Crippen molar-refractivity contribution in [3.05, 3.63) is 35.4 Å². The van der Waals surface area contributed by atoms with E-state index in [-0.39, 0.29) is 5.41 Å². The standard InChI is InChI=1S/C12H16N2O/c1-12(2,3)11(14-13)9-5-7-10(15-4)8-6-9/h5-8H,1-4H3. The van der Waals surface area contributed by atoms with E-state index in [0.29, 0.717) is 5.71 Å². The molecule has 0 bridgehead atoms. The van der Waals surface area contributed by atoms with Gasteiger partial charge in [-0.25, -0.2) is 0 Å². The minimum atomic E-state index is -0.177. The van der Waals surface area contributed by atoms with Crippen LogP contribution in [0.4, 0.5) is 0 Å². The predicted octanol–water partition coefficient (Wildman–Crippen LogP) is 2.76. The van der Waals surface area contributed by atoms with E-state index in [1.54, 1.807) is 7.11 Å². The summed E-state index contributed by atoms with van der Waals surface area (Å²) in [5, 5.41) is 0. The van der Waals surface area contributed by atoms with Gasteiger partial charge in [0.05, 0.1) is 18.1 Å².